The molecule has 1 aromatic carbocycles. The van der Waals surface area contributed by atoms with Crippen LogP contribution in [0.2, 0.25) is 0 Å². The zero-order chi connectivity index (χ0) is 30.3. The summed E-state index contributed by atoms with van der Waals surface area (Å²) in [6.45, 7) is 13.4. The number of piperazine rings is 1. The second-order valence-electron chi connectivity index (χ2n) is 12.8. The van der Waals surface area contributed by atoms with Crippen LogP contribution in [0.3, 0.4) is 0 Å². The number of amides is 2. The molecule has 0 radical (unpaired) electrons. The molecule has 9 nitrogen and oxygen atoms in total. The Balaban J connectivity index is 1.38. The number of carbonyl (C=O) groups excluding carboxylic acids is 1. The summed E-state index contributed by atoms with van der Waals surface area (Å²) in [7, 11) is 0. The first kappa shape index (κ1) is 30.3. The Bertz CT molecular complexity index is 1330. The molecule has 2 amide bonds. The second kappa shape index (κ2) is 11.9. The summed E-state index contributed by atoms with van der Waals surface area (Å²) in [4.78, 5) is 38.4. The molecule has 0 saturated carbocycles. The number of nitrogens with zero attached hydrogens (tertiary/aromatic N) is 5. The minimum absolute atomic E-state index is 0.0854. The van der Waals surface area contributed by atoms with Crippen molar-refractivity contribution in [3.8, 4) is 0 Å². The molecule has 4 atom stereocenters. The van der Waals surface area contributed by atoms with Crippen LogP contribution in [0.4, 0.5) is 19.3 Å². The topological polar surface area (TPSA) is 89.5 Å². The highest BCUT2D eigenvalue weighted by Crippen LogP contribution is 2.40. The van der Waals surface area contributed by atoms with Crippen molar-refractivity contribution in [1.29, 1.82) is 0 Å². The van der Waals surface area contributed by atoms with Crippen molar-refractivity contribution < 1.29 is 28.2 Å². The SMILES string of the molecule is C[C@@H]1CN(CC(=O)N2CC(C)(C)c3ncc(Cc4ccc(F)cc4F)cc32)[C@@H](CN2[C@H](C)COC[C@H]2C)CN1C(=O)O. The number of aromatic nitrogens is 1. The minimum atomic E-state index is -0.951. The van der Waals surface area contributed by atoms with E-state index in [1.807, 2.05) is 26.8 Å². The Kier molecular flexibility index (Phi) is 8.55. The standard InChI is InChI=1S/C31H41F2N5O4/c1-19-12-35(25(14-37(19)30(40)41)13-36-20(2)16-42-17-21(36)3)15-28(39)38-18-31(4,5)29-27(38)9-22(11-34-29)8-23-6-7-24(32)10-26(23)33/h6-7,9-11,19-21,25H,8,12-18H2,1-5H3,(H,40,41)/t19-,20-,21-,25+/m1/s1. The molecule has 228 valence electrons. The number of fused-ring (bicyclic) bond motifs is 1. The van der Waals surface area contributed by atoms with Crippen molar-refractivity contribution in [2.75, 3.05) is 50.8 Å². The van der Waals surface area contributed by atoms with Crippen LogP contribution in [0, 0.1) is 11.6 Å². The molecule has 3 aliphatic rings. The predicted molar refractivity (Wildman–Crippen MR) is 155 cm³/mol. The van der Waals surface area contributed by atoms with Gasteiger partial charge in [-0.2, -0.15) is 0 Å². The van der Waals surface area contributed by atoms with Gasteiger partial charge in [0.05, 0.1) is 31.1 Å². The predicted octanol–water partition coefficient (Wildman–Crippen LogP) is 3.74. The third-order valence-corrected chi connectivity index (χ3v) is 8.93. The Morgan fingerprint density at radius 2 is 1.79 bits per heavy atom. The number of carbonyl (C=O) groups is 2. The second-order valence-corrected chi connectivity index (χ2v) is 12.8. The van der Waals surface area contributed by atoms with E-state index in [9.17, 15) is 23.5 Å². The molecule has 1 aromatic heterocycles. The van der Waals surface area contributed by atoms with Crippen molar-refractivity contribution >= 4 is 17.7 Å². The van der Waals surface area contributed by atoms with E-state index in [4.69, 9.17) is 9.72 Å². The smallest absolute Gasteiger partial charge is 0.407 e. The van der Waals surface area contributed by atoms with Crippen LogP contribution in [-0.4, -0.2) is 107 Å². The van der Waals surface area contributed by atoms with Crippen LogP contribution < -0.4 is 4.90 Å². The normalized spacial score (nSPS) is 26.4. The average molecular weight is 586 g/mol. The number of anilines is 1. The number of hydrogen-bond donors (Lipinski definition) is 1. The molecule has 2 fully saturated rings. The zero-order valence-electron chi connectivity index (χ0n) is 25.0. The van der Waals surface area contributed by atoms with E-state index in [0.717, 1.165) is 17.3 Å². The molecule has 0 bridgehead atoms. The monoisotopic (exact) mass is 585 g/mol. The lowest BCUT2D eigenvalue weighted by Crippen LogP contribution is -2.64. The lowest BCUT2D eigenvalue weighted by Gasteiger charge is -2.48. The van der Waals surface area contributed by atoms with Gasteiger partial charge in [0.1, 0.15) is 11.6 Å². The molecule has 0 spiro atoms. The van der Waals surface area contributed by atoms with Crippen molar-refractivity contribution in [2.24, 2.45) is 0 Å². The molecule has 4 heterocycles. The molecule has 3 aliphatic heterocycles. The summed E-state index contributed by atoms with van der Waals surface area (Å²) in [5, 5.41) is 9.86. The highest BCUT2D eigenvalue weighted by molar-refractivity contribution is 5.97. The van der Waals surface area contributed by atoms with E-state index in [1.165, 1.54) is 17.0 Å². The van der Waals surface area contributed by atoms with Gasteiger partial charge in [0.2, 0.25) is 5.91 Å². The van der Waals surface area contributed by atoms with Crippen LogP contribution in [0.25, 0.3) is 0 Å². The van der Waals surface area contributed by atoms with Gasteiger partial charge >= 0.3 is 6.09 Å². The van der Waals surface area contributed by atoms with E-state index >= 15 is 0 Å². The molecule has 1 N–H and O–H groups in total. The third kappa shape index (κ3) is 6.14. The summed E-state index contributed by atoms with van der Waals surface area (Å²) >= 11 is 0. The van der Waals surface area contributed by atoms with Crippen LogP contribution in [0.1, 0.15) is 51.4 Å². The lowest BCUT2D eigenvalue weighted by molar-refractivity contribution is -0.122. The van der Waals surface area contributed by atoms with Gasteiger partial charge in [0, 0.05) is 74.4 Å². The maximum atomic E-state index is 14.4. The summed E-state index contributed by atoms with van der Waals surface area (Å²) in [6.07, 6.45) is 0.972. The fraction of sp³-hybridized carbons (Fsp3) is 0.581. The van der Waals surface area contributed by atoms with Gasteiger partial charge in [0.25, 0.3) is 0 Å². The fourth-order valence-electron chi connectivity index (χ4n) is 6.62. The number of pyridine rings is 1. The number of rotatable bonds is 6. The molecule has 5 rings (SSSR count). The first-order chi connectivity index (χ1) is 19.8. The van der Waals surface area contributed by atoms with E-state index in [1.54, 1.807) is 11.1 Å². The van der Waals surface area contributed by atoms with Crippen molar-refractivity contribution in [1.82, 2.24) is 19.7 Å². The van der Waals surface area contributed by atoms with Gasteiger partial charge in [0.15, 0.2) is 0 Å². The van der Waals surface area contributed by atoms with Gasteiger partial charge in [-0.05, 0) is 44.0 Å². The van der Waals surface area contributed by atoms with Gasteiger partial charge in [-0.15, -0.1) is 0 Å². The van der Waals surface area contributed by atoms with E-state index in [2.05, 4.69) is 23.6 Å². The van der Waals surface area contributed by atoms with Gasteiger partial charge in [-0.1, -0.05) is 19.9 Å². The number of ether oxygens (including phenoxy) is 1. The van der Waals surface area contributed by atoms with Crippen molar-refractivity contribution in [3.05, 3.63) is 58.9 Å². The minimum Gasteiger partial charge on any atom is -0.465 e. The number of carboxylic acid groups (broad SMARTS) is 1. The molecule has 2 aromatic rings. The van der Waals surface area contributed by atoms with Crippen LogP contribution >= 0.6 is 0 Å². The average Bonchev–Trinajstić information content (AvgIpc) is 3.19. The molecule has 42 heavy (non-hydrogen) atoms. The molecular weight excluding hydrogens is 544 g/mol. The highest BCUT2D eigenvalue weighted by atomic mass is 19.1. The fourth-order valence-corrected chi connectivity index (χ4v) is 6.62. The zero-order valence-corrected chi connectivity index (χ0v) is 25.0. The summed E-state index contributed by atoms with van der Waals surface area (Å²) < 4.78 is 33.5. The highest BCUT2D eigenvalue weighted by Gasteiger charge is 2.42. The number of morpholine rings is 1. The van der Waals surface area contributed by atoms with Crippen LogP contribution in [-0.2, 0) is 21.4 Å². The Labute approximate surface area is 246 Å². The van der Waals surface area contributed by atoms with E-state index in [-0.39, 0.29) is 48.5 Å². The number of benzene rings is 1. The van der Waals surface area contributed by atoms with Crippen LogP contribution in [0.5, 0.6) is 0 Å². The Morgan fingerprint density at radius 3 is 2.45 bits per heavy atom. The first-order valence-corrected chi connectivity index (χ1v) is 14.6. The number of halogens is 2. The number of hydrogen-bond acceptors (Lipinski definition) is 6. The molecule has 0 unspecified atom stereocenters. The molecule has 2 saturated heterocycles. The largest absolute Gasteiger partial charge is 0.465 e. The van der Waals surface area contributed by atoms with Crippen molar-refractivity contribution in [3.63, 3.8) is 0 Å². The summed E-state index contributed by atoms with van der Waals surface area (Å²) in [5.74, 6) is -1.33. The maximum absolute atomic E-state index is 14.4. The van der Waals surface area contributed by atoms with Crippen molar-refractivity contribution in [2.45, 2.75) is 70.6 Å². The Hall–Kier alpha value is -3.15. The first-order valence-electron chi connectivity index (χ1n) is 14.6. The summed E-state index contributed by atoms with van der Waals surface area (Å²) in [5.41, 5.74) is 2.21. The van der Waals surface area contributed by atoms with Gasteiger partial charge in [-0.3, -0.25) is 19.6 Å². The maximum Gasteiger partial charge on any atom is 0.407 e. The molecular formula is C31H41F2N5O4. The molecule has 0 aliphatic carbocycles. The van der Waals surface area contributed by atoms with E-state index in [0.29, 0.717) is 50.6 Å². The molecule has 11 heteroatoms. The summed E-state index contributed by atoms with van der Waals surface area (Å²) in [6, 6.07) is 5.37. The van der Waals surface area contributed by atoms with E-state index < -0.39 is 17.7 Å². The third-order valence-electron chi connectivity index (χ3n) is 8.93. The van der Waals surface area contributed by atoms with Gasteiger partial charge in [-0.25, -0.2) is 13.6 Å². The Morgan fingerprint density at radius 1 is 1.07 bits per heavy atom. The lowest BCUT2D eigenvalue weighted by atomic mass is 9.91. The van der Waals surface area contributed by atoms with Gasteiger partial charge < -0.3 is 19.6 Å². The van der Waals surface area contributed by atoms with Crippen LogP contribution in [0.15, 0.2) is 30.5 Å². The quantitative estimate of drug-likeness (QED) is 0.553.